The largest absolute Gasteiger partial charge is 0.453 e. The van der Waals surface area contributed by atoms with Crippen molar-refractivity contribution >= 4 is 46.1 Å². The Balaban J connectivity index is 0.970. The lowest BCUT2D eigenvalue weighted by molar-refractivity contribution is -0.136. The lowest BCUT2D eigenvalue weighted by Gasteiger charge is -2.29. The van der Waals surface area contributed by atoms with Crippen molar-refractivity contribution in [2.45, 2.75) is 96.6 Å². The molecular formula is C53H58F2N8O6. The third-order valence-electron chi connectivity index (χ3n) is 13.9. The molecule has 16 heteroatoms. The van der Waals surface area contributed by atoms with Gasteiger partial charge in [0.1, 0.15) is 41.8 Å². The van der Waals surface area contributed by atoms with E-state index in [-0.39, 0.29) is 43.2 Å². The number of aryl methyl sites for hydroxylation is 2. The number of carbonyl (C=O) groups excluding carboxylic acids is 4. The number of methoxy groups -OCH3 is 2. The van der Waals surface area contributed by atoms with E-state index in [2.05, 4.69) is 88.2 Å². The van der Waals surface area contributed by atoms with Crippen molar-refractivity contribution in [3.63, 3.8) is 0 Å². The van der Waals surface area contributed by atoms with Gasteiger partial charge in [0.15, 0.2) is 0 Å². The van der Waals surface area contributed by atoms with Crippen LogP contribution in [0.3, 0.4) is 0 Å². The van der Waals surface area contributed by atoms with E-state index in [0.717, 1.165) is 52.5 Å². The van der Waals surface area contributed by atoms with E-state index < -0.39 is 54.3 Å². The van der Waals surface area contributed by atoms with Gasteiger partial charge in [-0.3, -0.25) is 9.59 Å². The minimum absolute atomic E-state index is 0.0916. The Morgan fingerprint density at radius 3 is 1.93 bits per heavy atom. The van der Waals surface area contributed by atoms with Crippen LogP contribution in [-0.2, 0) is 38.3 Å². The summed E-state index contributed by atoms with van der Waals surface area (Å²) < 4.78 is 39.6. The number of aromatic nitrogens is 4. The number of alkyl halides is 1. The van der Waals surface area contributed by atoms with Crippen LogP contribution in [0.5, 0.6) is 0 Å². The van der Waals surface area contributed by atoms with Crippen molar-refractivity contribution < 1.29 is 37.4 Å². The third kappa shape index (κ3) is 9.40. The molecule has 2 aromatic heterocycles. The Kier molecular flexibility index (Phi) is 13.0. The van der Waals surface area contributed by atoms with Gasteiger partial charge < -0.3 is 39.9 Å². The van der Waals surface area contributed by atoms with Crippen LogP contribution in [0.4, 0.5) is 18.4 Å². The lowest BCUT2D eigenvalue weighted by Crippen LogP contribution is -2.51. The molecule has 4 N–H and O–H groups in total. The summed E-state index contributed by atoms with van der Waals surface area (Å²) in [6.45, 7) is 9.16. The number of aromatic amines is 2. The second-order valence-corrected chi connectivity index (χ2v) is 19.3. The summed E-state index contributed by atoms with van der Waals surface area (Å²) in [5.74, 6) is -0.732. The first-order valence-electron chi connectivity index (χ1n) is 23.6. The fourth-order valence-electron chi connectivity index (χ4n) is 10.1. The van der Waals surface area contributed by atoms with Crippen LogP contribution in [-0.4, -0.2) is 99.3 Å². The van der Waals surface area contributed by atoms with Crippen molar-refractivity contribution in [1.82, 2.24) is 40.4 Å². The average molecular weight is 941 g/mol. The Labute approximate surface area is 399 Å². The van der Waals surface area contributed by atoms with E-state index in [1.807, 2.05) is 26.0 Å². The Hall–Kier alpha value is -7.10. The number of ether oxygens (including phenoxy) is 2. The van der Waals surface area contributed by atoms with Gasteiger partial charge in [-0.1, -0.05) is 83.1 Å². The van der Waals surface area contributed by atoms with E-state index in [4.69, 9.17) is 19.4 Å². The number of carbonyl (C=O) groups is 4. The topological polar surface area (TPSA) is 175 Å². The molecule has 4 aliphatic carbocycles. The Morgan fingerprint density at radius 1 is 0.725 bits per heavy atom. The van der Waals surface area contributed by atoms with Crippen LogP contribution < -0.4 is 10.6 Å². The number of nitrogens with zero attached hydrogens (tertiary/aromatic N) is 4. The van der Waals surface area contributed by atoms with Gasteiger partial charge >= 0.3 is 12.2 Å². The molecule has 4 bridgehead atoms. The highest BCUT2D eigenvalue weighted by atomic mass is 19.1. The standard InChI is InChI=1S/C53H58F2N8O6/c1-27(2)46(60-52(66)68-6)50(64)62-25-36(54)23-44(62)48-56-40-16-14-34(21-42(40)58-48)38-19-30-8-10-31-12-13-32(29(5)18-33(38)11-9-30)20-39(31)35-15-17-41-43(22-35)59-49(57-41)45-24-37(55)26-63(45)51(65)47(28(3)4)61-53(67)69-7/h9,11-17,19-23,27-29,37,44-47H,8,10,18,24-26H2,1-7H3,(H,56,58)(H,57,59)(H,60,66)(H,61,67)/t29-,37-,44+,45+,46+,47+/m1/s1. The van der Waals surface area contributed by atoms with Crippen molar-refractivity contribution in [2.75, 3.05) is 27.3 Å². The van der Waals surface area contributed by atoms with Gasteiger partial charge in [-0.05, 0) is 112 Å². The van der Waals surface area contributed by atoms with E-state index in [0.29, 0.717) is 22.7 Å². The zero-order valence-electron chi connectivity index (χ0n) is 39.9. The van der Waals surface area contributed by atoms with Gasteiger partial charge in [0.25, 0.3) is 0 Å². The molecule has 360 valence electrons. The molecule has 4 amide bonds. The molecule has 1 fully saturated rings. The zero-order chi connectivity index (χ0) is 48.8. The number of alkyl carbamates (subject to hydrolysis) is 2. The number of likely N-dealkylation sites (tertiary alicyclic amines) is 1. The van der Waals surface area contributed by atoms with Crippen molar-refractivity contribution in [2.24, 2.45) is 11.8 Å². The number of benzene rings is 4. The summed E-state index contributed by atoms with van der Waals surface area (Å²) in [4.78, 5) is 71.2. The number of halogens is 2. The van der Waals surface area contributed by atoms with Gasteiger partial charge in [-0.25, -0.2) is 28.3 Å². The van der Waals surface area contributed by atoms with Gasteiger partial charge in [0.2, 0.25) is 11.8 Å². The van der Waals surface area contributed by atoms with E-state index in [1.165, 1.54) is 52.3 Å². The van der Waals surface area contributed by atoms with Crippen molar-refractivity contribution in [3.8, 4) is 22.3 Å². The molecule has 6 atom stereocenters. The maximum Gasteiger partial charge on any atom is 0.407 e. The summed E-state index contributed by atoms with van der Waals surface area (Å²) in [7, 11) is 2.47. The first-order valence-corrected chi connectivity index (χ1v) is 23.6. The molecule has 1 saturated heterocycles. The van der Waals surface area contributed by atoms with Crippen LogP contribution in [0.2, 0.25) is 0 Å². The van der Waals surface area contributed by atoms with E-state index in [9.17, 15) is 23.6 Å². The number of fused-ring (bicyclic) bond motifs is 2. The number of nitrogens with one attached hydrogen (secondary N) is 4. The number of amides is 4. The monoisotopic (exact) mass is 940 g/mol. The van der Waals surface area contributed by atoms with E-state index >= 15 is 4.39 Å². The predicted octanol–water partition coefficient (Wildman–Crippen LogP) is 9.33. The van der Waals surface area contributed by atoms with Crippen molar-refractivity contribution in [1.29, 1.82) is 0 Å². The molecule has 14 nitrogen and oxygen atoms in total. The van der Waals surface area contributed by atoms with Gasteiger partial charge in [-0.2, -0.15) is 0 Å². The maximum absolute atomic E-state index is 15.1. The third-order valence-corrected chi connectivity index (χ3v) is 13.9. The summed E-state index contributed by atoms with van der Waals surface area (Å²) in [6, 6.07) is 22.4. The molecule has 6 aromatic rings. The second-order valence-electron chi connectivity index (χ2n) is 19.3. The minimum Gasteiger partial charge on any atom is -0.453 e. The van der Waals surface area contributed by atoms with Crippen LogP contribution in [0, 0.1) is 11.8 Å². The molecular weight excluding hydrogens is 883 g/mol. The summed E-state index contributed by atoms with van der Waals surface area (Å²) in [5, 5.41) is 5.23. The molecule has 6 aliphatic rings. The molecule has 12 rings (SSSR count). The predicted molar refractivity (Wildman–Crippen MR) is 259 cm³/mol. The molecule has 2 aliphatic heterocycles. The SMILES string of the molecule is COC(=O)N[C@H](C(=O)N1CC(F)=C[C@H]1c1nc2ccc(-c3cc4ccc3C[C@@H](C)c3ccc(c(-c5ccc6nc([C@@H]7C[C@@H](F)CN7C(=O)[C@@H](NC(=O)OC)C(C)C)[nH]c6c5)c3)CC4)cc2[nH]1)C(C)C. The first kappa shape index (κ1) is 47.0. The van der Waals surface area contributed by atoms with Crippen molar-refractivity contribution in [3.05, 3.63) is 119 Å². The molecule has 0 radical (unpaired) electrons. The number of imidazole rings is 2. The van der Waals surface area contributed by atoms with E-state index in [1.54, 1.807) is 13.8 Å². The number of rotatable bonds is 10. The van der Waals surface area contributed by atoms with Crippen LogP contribution in [0.15, 0.2) is 84.7 Å². The lowest BCUT2D eigenvalue weighted by atomic mass is 9.84. The number of H-pyrrole nitrogens is 2. The first-order chi connectivity index (χ1) is 33.1. The molecule has 0 saturated carbocycles. The van der Waals surface area contributed by atoms with Gasteiger partial charge in [0, 0.05) is 6.42 Å². The van der Waals surface area contributed by atoms with Gasteiger partial charge in [0.05, 0.1) is 55.4 Å². The summed E-state index contributed by atoms with van der Waals surface area (Å²) >= 11 is 0. The summed E-state index contributed by atoms with van der Waals surface area (Å²) in [5.41, 5.74) is 11.9. The smallest absolute Gasteiger partial charge is 0.407 e. The number of hydrogen-bond donors (Lipinski definition) is 4. The fourth-order valence-corrected chi connectivity index (χ4v) is 10.1. The molecule has 4 heterocycles. The quantitative estimate of drug-likeness (QED) is 0.105. The fraction of sp³-hybridized carbons (Fsp3) is 0.396. The van der Waals surface area contributed by atoms with Crippen LogP contribution in [0.1, 0.15) is 92.9 Å². The molecule has 0 spiro atoms. The highest BCUT2D eigenvalue weighted by Gasteiger charge is 2.42. The maximum atomic E-state index is 15.1. The van der Waals surface area contributed by atoms with Gasteiger partial charge in [-0.15, -0.1) is 0 Å². The normalized spacial score (nSPS) is 20.0. The minimum atomic E-state index is -1.24. The van der Waals surface area contributed by atoms with Crippen LogP contribution >= 0.6 is 0 Å². The molecule has 4 aromatic carbocycles. The highest BCUT2D eigenvalue weighted by Crippen LogP contribution is 2.39. The Bertz CT molecular complexity index is 3000. The zero-order valence-corrected chi connectivity index (χ0v) is 39.9. The number of hydrogen-bond acceptors (Lipinski definition) is 8. The second kappa shape index (κ2) is 19.1. The van der Waals surface area contributed by atoms with Crippen LogP contribution in [0.25, 0.3) is 44.3 Å². The Morgan fingerprint density at radius 2 is 1.30 bits per heavy atom. The highest BCUT2D eigenvalue weighted by molar-refractivity contribution is 5.89. The summed E-state index contributed by atoms with van der Waals surface area (Å²) in [6.07, 6.45) is 1.11. The average Bonchev–Trinajstić information content (AvgIpc) is 4.14. The molecule has 0 unspecified atom stereocenters. The molecule has 69 heavy (non-hydrogen) atoms.